The SMILES string of the molecule is NC(=O)[C@H](Cc1ccccc1)NC(=O)[C@H](CCCN=C(N)N)NC(=O)[C@H](CC1CCCCC1)NC(=O)c1ccccn1. The minimum absolute atomic E-state index is 0.0820. The zero-order valence-electron chi connectivity index (χ0n) is 23.8. The number of amides is 4. The molecule has 42 heavy (non-hydrogen) atoms. The topological polar surface area (TPSA) is 208 Å². The lowest BCUT2D eigenvalue weighted by Gasteiger charge is -2.28. The number of carbonyl (C=O) groups is 4. The van der Waals surface area contributed by atoms with Gasteiger partial charge < -0.3 is 33.2 Å². The molecule has 3 rings (SSSR count). The molecule has 3 atom stereocenters. The van der Waals surface area contributed by atoms with E-state index in [4.69, 9.17) is 17.2 Å². The summed E-state index contributed by atoms with van der Waals surface area (Å²) < 4.78 is 0. The highest BCUT2D eigenvalue weighted by Crippen LogP contribution is 2.27. The lowest BCUT2D eigenvalue weighted by Crippen LogP contribution is -2.57. The number of rotatable bonds is 15. The Labute approximate surface area is 246 Å². The molecule has 1 aliphatic carbocycles. The zero-order valence-corrected chi connectivity index (χ0v) is 23.8. The summed E-state index contributed by atoms with van der Waals surface area (Å²) in [6.07, 6.45) is 7.92. The van der Waals surface area contributed by atoms with Crippen molar-refractivity contribution in [2.24, 2.45) is 28.1 Å². The van der Waals surface area contributed by atoms with Crippen LogP contribution < -0.4 is 33.2 Å². The summed E-state index contributed by atoms with van der Waals surface area (Å²) in [6, 6.07) is 11.2. The van der Waals surface area contributed by atoms with Crippen LogP contribution in [0.5, 0.6) is 0 Å². The van der Waals surface area contributed by atoms with Crippen LogP contribution in [0.4, 0.5) is 0 Å². The summed E-state index contributed by atoms with van der Waals surface area (Å²) in [7, 11) is 0. The number of aliphatic imine (C=N–C) groups is 1. The fraction of sp³-hybridized carbons (Fsp3) is 0.467. The van der Waals surface area contributed by atoms with Gasteiger partial charge in [-0.1, -0.05) is 68.5 Å². The Morgan fingerprint density at radius 3 is 2.14 bits per heavy atom. The highest BCUT2D eigenvalue weighted by molar-refractivity contribution is 5.97. The van der Waals surface area contributed by atoms with Crippen LogP contribution in [0.3, 0.4) is 0 Å². The first kappa shape index (κ1) is 32.0. The summed E-state index contributed by atoms with van der Waals surface area (Å²) in [5.41, 5.74) is 17.5. The van der Waals surface area contributed by atoms with Crippen molar-refractivity contribution < 1.29 is 19.2 Å². The van der Waals surface area contributed by atoms with E-state index in [-0.39, 0.29) is 37.0 Å². The molecule has 1 fully saturated rings. The molecule has 1 aliphatic rings. The molecule has 0 radical (unpaired) electrons. The molecule has 12 heteroatoms. The molecule has 0 saturated heterocycles. The Balaban J connectivity index is 1.76. The standard InChI is InChI=1S/C30H42N8O4/c31-26(39)24(18-20-10-3-1-4-11-20)37-28(41)23(15-9-17-35-30(32)33)36-29(42)25(19-21-12-5-2-6-13-21)38-27(40)22-14-7-8-16-34-22/h1,3-4,7-8,10-11,14,16,21,23-25H,2,5-6,9,12-13,15,17-19H2,(H2,31,39)(H,36,42)(H,37,41)(H,38,40)(H4,32,33,35)/t23-,24-,25-/m0/s1. The van der Waals surface area contributed by atoms with E-state index in [1.54, 1.807) is 18.2 Å². The van der Waals surface area contributed by atoms with Gasteiger partial charge in [0.05, 0.1) is 0 Å². The molecule has 1 heterocycles. The Morgan fingerprint density at radius 2 is 1.50 bits per heavy atom. The molecule has 0 unspecified atom stereocenters. The number of aromatic nitrogens is 1. The highest BCUT2D eigenvalue weighted by Gasteiger charge is 2.31. The van der Waals surface area contributed by atoms with E-state index in [9.17, 15) is 19.2 Å². The fourth-order valence-electron chi connectivity index (χ4n) is 5.11. The first-order valence-corrected chi connectivity index (χ1v) is 14.4. The molecule has 0 aliphatic heterocycles. The molecular weight excluding hydrogens is 536 g/mol. The number of primary amides is 1. The van der Waals surface area contributed by atoms with Crippen LogP contribution in [0, 0.1) is 5.92 Å². The van der Waals surface area contributed by atoms with Crippen molar-refractivity contribution in [3.63, 3.8) is 0 Å². The van der Waals surface area contributed by atoms with Crippen molar-refractivity contribution in [1.29, 1.82) is 0 Å². The molecular formula is C30H42N8O4. The van der Waals surface area contributed by atoms with Gasteiger partial charge in [-0.05, 0) is 42.9 Å². The summed E-state index contributed by atoms with van der Waals surface area (Å²) >= 11 is 0. The fourth-order valence-corrected chi connectivity index (χ4v) is 5.11. The van der Waals surface area contributed by atoms with Crippen LogP contribution in [-0.4, -0.2) is 59.2 Å². The third kappa shape index (κ3) is 10.8. The van der Waals surface area contributed by atoms with Crippen molar-refractivity contribution in [3.8, 4) is 0 Å². The molecule has 0 bridgehead atoms. The number of carbonyl (C=O) groups excluding carboxylic acids is 4. The molecule has 12 nitrogen and oxygen atoms in total. The quantitative estimate of drug-likeness (QED) is 0.102. The predicted molar refractivity (Wildman–Crippen MR) is 160 cm³/mol. The number of pyridine rings is 1. The lowest BCUT2D eigenvalue weighted by atomic mass is 9.84. The molecule has 1 saturated carbocycles. The average molecular weight is 579 g/mol. The lowest BCUT2D eigenvalue weighted by molar-refractivity contribution is -0.132. The summed E-state index contributed by atoms with van der Waals surface area (Å²) in [5.74, 6) is -2.06. The van der Waals surface area contributed by atoms with Crippen molar-refractivity contribution in [3.05, 3.63) is 66.0 Å². The number of nitrogens with two attached hydrogens (primary N) is 3. The second kappa shape index (κ2) is 16.7. The second-order valence-corrected chi connectivity index (χ2v) is 10.6. The van der Waals surface area contributed by atoms with Gasteiger partial charge in [0.2, 0.25) is 17.7 Å². The van der Waals surface area contributed by atoms with E-state index >= 15 is 0 Å². The van der Waals surface area contributed by atoms with Crippen molar-refractivity contribution in [2.75, 3.05) is 6.54 Å². The number of nitrogens with zero attached hydrogens (tertiary/aromatic N) is 2. The zero-order chi connectivity index (χ0) is 30.3. The number of hydrogen-bond donors (Lipinski definition) is 6. The Hall–Kier alpha value is -4.48. The number of benzene rings is 1. The van der Waals surface area contributed by atoms with Gasteiger partial charge in [0, 0.05) is 19.2 Å². The van der Waals surface area contributed by atoms with Crippen LogP contribution in [0.25, 0.3) is 0 Å². The monoisotopic (exact) mass is 578 g/mol. The number of nitrogens with one attached hydrogen (secondary N) is 3. The first-order chi connectivity index (χ1) is 20.2. The van der Waals surface area contributed by atoms with Gasteiger partial charge in [0.25, 0.3) is 5.91 Å². The number of hydrogen-bond acceptors (Lipinski definition) is 6. The van der Waals surface area contributed by atoms with Gasteiger partial charge in [-0.15, -0.1) is 0 Å². The Kier molecular flexibility index (Phi) is 12.7. The van der Waals surface area contributed by atoms with E-state index in [0.717, 1.165) is 37.7 Å². The molecule has 9 N–H and O–H groups in total. The minimum atomic E-state index is -1.02. The maximum Gasteiger partial charge on any atom is 0.270 e. The first-order valence-electron chi connectivity index (χ1n) is 14.4. The van der Waals surface area contributed by atoms with Crippen LogP contribution >= 0.6 is 0 Å². The van der Waals surface area contributed by atoms with Crippen LogP contribution in [0.2, 0.25) is 0 Å². The summed E-state index contributed by atoms with van der Waals surface area (Å²) in [4.78, 5) is 60.4. The van der Waals surface area contributed by atoms with Crippen molar-refractivity contribution in [2.45, 2.75) is 75.9 Å². The maximum absolute atomic E-state index is 13.7. The van der Waals surface area contributed by atoms with Gasteiger partial charge in [-0.3, -0.25) is 29.2 Å². The van der Waals surface area contributed by atoms with Crippen LogP contribution in [-0.2, 0) is 20.8 Å². The molecule has 4 amide bonds. The van der Waals surface area contributed by atoms with Crippen molar-refractivity contribution >= 4 is 29.6 Å². The predicted octanol–water partition coefficient (Wildman–Crippen LogP) is 0.902. The Morgan fingerprint density at radius 1 is 0.833 bits per heavy atom. The largest absolute Gasteiger partial charge is 0.370 e. The Bertz CT molecular complexity index is 1200. The van der Waals surface area contributed by atoms with Gasteiger partial charge in [0.15, 0.2) is 5.96 Å². The summed E-state index contributed by atoms with van der Waals surface area (Å²) in [6.45, 7) is 0.243. The maximum atomic E-state index is 13.7. The second-order valence-electron chi connectivity index (χ2n) is 10.6. The van der Waals surface area contributed by atoms with Gasteiger partial charge in [0.1, 0.15) is 23.8 Å². The van der Waals surface area contributed by atoms with Crippen LogP contribution in [0.1, 0.15) is 67.4 Å². The van der Waals surface area contributed by atoms with E-state index in [1.807, 2.05) is 30.3 Å². The van der Waals surface area contributed by atoms with E-state index in [1.165, 1.54) is 6.20 Å². The van der Waals surface area contributed by atoms with Crippen molar-refractivity contribution in [1.82, 2.24) is 20.9 Å². The molecule has 1 aromatic heterocycles. The molecule has 1 aromatic carbocycles. The van der Waals surface area contributed by atoms with Crippen LogP contribution in [0.15, 0.2) is 59.7 Å². The normalized spacial score (nSPS) is 15.4. The third-order valence-electron chi connectivity index (χ3n) is 7.33. The average Bonchev–Trinajstić information content (AvgIpc) is 2.99. The number of guanidine groups is 1. The minimum Gasteiger partial charge on any atom is -0.370 e. The van der Waals surface area contributed by atoms with Gasteiger partial charge in [-0.2, -0.15) is 0 Å². The van der Waals surface area contributed by atoms with E-state index < -0.39 is 41.8 Å². The van der Waals surface area contributed by atoms with E-state index in [0.29, 0.717) is 12.8 Å². The molecule has 226 valence electrons. The smallest absolute Gasteiger partial charge is 0.270 e. The highest BCUT2D eigenvalue weighted by atomic mass is 16.2. The van der Waals surface area contributed by atoms with Gasteiger partial charge >= 0.3 is 0 Å². The summed E-state index contributed by atoms with van der Waals surface area (Å²) in [5, 5.41) is 8.33. The molecule has 2 aromatic rings. The van der Waals surface area contributed by atoms with E-state index in [2.05, 4.69) is 25.9 Å². The van der Waals surface area contributed by atoms with Gasteiger partial charge in [-0.25, -0.2) is 0 Å². The molecule has 0 spiro atoms. The third-order valence-corrected chi connectivity index (χ3v) is 7.33.